The van der Waals surface area contributed by atoms with Crippen molar-refractivity contribution in [2.75, 3.05) is 26.4 Å². The molecule has 1 aliphatic heterocycles. The van der Waals surface area contributed by atoms with Gasteiger partial charge in [0.15, 0.2) is 0 Å². The third-order valence-corrected chi connectivity index (χ3v) is 5.19. The van der Waals surface area contributed by atoms with Crippen molar-refractivity contribution in [3.63, 3.8) is 0 Å². The molecule has 1 aliphatic rings. The zero-order valence-electron chi connectivity index (χ0n) is 17.9. The molecule has 6 nitrogen and oxygen atoms in total. The minimum absolute atomic E-state index is 0.211. The van der Waals surface area contributed by atoms with Gasteiger partial charge in [0.05, 0.1) is 6.61 Å². The van der Waals surface area contributed by atoms with Crippen LogP contribution >= 0.6 is 0 Å². The number of carbonyl (C=O) groups excluding carboxylic acids is 1. The Hall–Kier alpha value is -2.41. The molecule has 1 amide bonds. The Balaban J connectivity index is 1.51. The maximum absolute atomic E-state index is 12.3. The maximum Gasteiger partial charge on any atom is 0.249 e. The van der Waals surface area contributed by atoms with E-state index in [0.29, 0.717) is 32.8 Å². The predicted molar refractivity (Wildman–Crippen MR) is 115 cm³/mol. The molecule has 162 valence electrons. The van der Waals surface area contributed by atoms with Crippen molar-refractivity contribution >= 4 is 5.91 Å². The van der Waals surface area contributed by atoms with Gasteiger partial charge in [0.1, 0.15) is 23.7 Å². The van der Waals surface area contributed by atoms with Gasteiger partial charge in [0.2, 0.25) is 5.91 Å². The van der Waals surface area contributed by atoms with E-state index < -0.39 is 11.5 Å². The van der Waals surface area contributed by atoms with E-state index in [0.717, 1.165) is 22.6 Å². The van der Waals surface area contributed by atoms with Gasteiger partial charge in [0, 0.05) is 36.3 Å². The highest BCUT2D eigenvalue weighted by atomic mass is 16.5. The summed E-state index contributed by atoms with van der Waals surface area (Å²) < 4.78 is 17.5. The molecule has 0 spiro atoms. The Labute approximate surface area is 178 Å². The average Bonchev–Trinajstić information content (AvgIpc) is 2.76. The van der Waals surface area contributed by atoms with E-state index in [2.05, 4.69) is 5.32 Å². The van der Waals surface area contributed by atoms with Gasteiger partial charge in [-0.1, -0.05) is 50.2 Å². The average molecular weight is 414 g/mol. The number of hydrogen-bond donors (Lipinski definition) is 2. The molecule has 6 heteroatoms. The van der Waals surface area contributed by atoms with Crippen molar-refractivity contribution < 1.29 is 24.1 Å². The van der Waals surface area contributed by atoms with Gasteiger partial charge in [-0.2, -0.15) is 0 Å². The fourth-order valence-electron chi connectivity index (χ4n) is 3.43. The zero-order valence-corrected chi connectivity index (χ0v) is 17.9. The van der Waals surface area contributed by atoms with Gasteiger partial charge in [-0.3, -0.25) is 4.79 Å². The van der Waals surface area contributed by atoms with Crippen LogP contribution in [0.25, 0.3) is 0 Å². The third kappa shape index (κ3) is 5.19. The van der Waals surface area contributed by atoms with Crippen molar-refractivity contribution in [1.29, 1.82) is 0 Å². The van der Waals surface area contributed by atoms with E-state index in [1.165, 1.54) is 0 Å². The Morgan fingerprint density at radius 1 is 1.13 bits per heavy atom. The molecule has 1 unspecified atom stereocenters. The summed E-state index contributed by atoms with van der Waals surface area (Å²) in [6, 6.07) is 15.7. The van der Waals surface area contributed by atoms with Crippen LogP contribution in [0.5, 0.6) is 11.5 Å². The number of fused-ring (bicyclic) bond motifs is 2. The predicted octanol–water partition coefficient (Wildman–Crippen LogP) is 3.83. The molecule has 30 heavy (non-hydrogen) atoms. The van der Waals surface area contributed by atoms with Crippen LogP contribution in [0.1, 0.15) is 44.4 Å². The van der Waals surface area contributed by atoms with E-state index in [1.54, 1.807) is 0 Å². The van der Waals surface area contributed by atoms with Crippen LogP contribution in [0.3, 0.4) is 0 Å². The van der Waals surface area contributed by atoms with Crippen LogP contribution in [0.4, 0.5) is 0 Å². The number of ether oxygens (including phenoxy) is 3. The summed E-state index contributed by atoms with van der Waals surface area (Å²) in [7, 11) is 0. The second-order valence-corrected chi connectivity index (χ2v) is 8.10. The van der Waals surface area contributed by atoms with Crippen molar-refractivity contribution in [2.45, 2.75) is 39.4 Å². The third-order valence-electron chi connectivity index (χ3n) is 5.19. The summed E-state index contributed by atoms with van der Waals surface area (Å²) in [4.78, 5) is 12.3. The van der Waals surface area contributed by atoms with Crippen LogP contribution in [-0.4, -0.2) is 43.5 Å². The van der Waals surface area contributed by atoms with Crippen molar-refractivity contribution in [2.24, 2.45) is 5.41 Å². The Morgan fingerprint density at radius 2 is 1.73 bits per heavy atom. The molecule has 3 rings (SSSR count). The highest BCUT2D eigenvalue weighted by molar-refractivity contribution is 5.81. The van der Waals surface area contributed by atoms with Crippen LogP contribution in [0, 0.1) is 5.41 Å². The number of benzene rings is 2. The topological polar surface area (TPSA) is 77.0 Å². The first-order valence-electron chi connectivity index (χ1n) is 10.4. The molecule has 1 heterocycles. The number of rotatable bonds is 10. The largest absolute Gasteiger partial charge is 0.457 e. The Morgan fingerprint density at radius 3 is 2.33 bits per heavy atom. The maximum atomic E-state index is 12.3. The van der Waals surface area contributed by atoms with Gasteiger partial charge >= 0.3 is 0 Å². The van der Waals surface area contributed by atoms with Gasteiger partial charge in [-0.25, -0.2) is 0 Å². The molecule has 0 bridgehead atoms. The lowest BCUT2D eigenvalue weighted by molar-refractivity contribution is -0.138. The standard InChI is InChI=1S/C24H31NO5/c1-4-28-16-24(2,3)22(26)23(27)25-14-9-15-29-21-17-10-5-7-12-19(17)30-20-13-8-6-11-18(20)21/h5-8,10-13,21-22,26H,4,9,14-16H2,1-3H3,(H,25,27). The minimum atomic E-state index is -1.13. The first kappa shape index (κ1) is 22.3. The van der Waals surface area contributed by atoms with E-state index in [1.807, 2.05) is 69.3 Å². The smallest absolute Gasteiger partial charge is 0.249 e. The molecule has 0 saturated carbocycles. The molecule has 0 radical (unpaired) electrons. The highest BCUT2D eigenvalue weighted by Crippen LogP contribution is 2.44. The van der Waals surface area contributed by atoms with Gasteiger partial charge in [-0.05, 0) is 25.5 Å². The van der Waals surface area contributed by atoms with E-state index in [-0.39, 0.29) is 12.0 Å². The van der Waals surface area contributed by atoms with Gasteiger partial charge in [-0.15, -0.1) is 0 Å². The van der Waals surface area contributed by atoms with Crippen LogP contribution in [0.15, 0.2) is 48.5 Å². The van der Waals surface area contributed by atoms with Gasteiger partial charge in [0.25, 0.3) is 0 Å². The highest BCUT2D eigenvalue weighted by Gasteiger charge is 2.33. The molecule has 0 aromatic heterocycles. The first-order chi connectivity index (χ1) is 14.4. The summed E-state index contributed by atoms with van der Waals surface area (Å²) in [6.45, 7) is 7.28. The Kier molecular flexibility index (Phi) is 7.48. The van der Waals surface area contributed by atoms with Crippen LogP contribution in [-0.2, 0) is 14.3 Å². The molecule has 2 aromatic carbocycles. The van der Waals surface area contributed by atoms with Crippen molar-refractivity contribution in [1.82, 2.24) is 5.32 Å². The van der Waals surface area contributed by atoms with Crippen molar-refractivity contribution in [3.8, 4) is 11.5 Å². The normalized spacial score (nSPS) is 14.4. The lowest BCUT2D eigenvalue weighted by atomic mass is 9.87. The minimum Gasteiger partial charge on any atom is -0.457 e. The second-order valence-electron chi connectivity index (χ2n) is 8.10. The number of aliphatic hydroxyl groups is 1. The monoisotopic (exact) mass is 413 g/mol. The van der Waals surface area contributed by atoms with E-state index >= 15 is 0 Å². The number of amides is 1. The summed E-state index contributed by atoms with van der Waals surface area (Å²) >= 11 is 0. The lowest BCUT2D eigenvalue weighted by Gasteiger charge is -2.29. The fourth-order valence-corrected chi connectivity index (χ4v) is 3.43. The molecule has 0 aliphatic carbocycles. The molecule has 1 atom stereocenters. The molecule has 2 aromatic rings. The van der Waals surface area contributed by atoms with E-state index in [9.17, 15) is 9.90 Å². The number of para-hydroxylation sites is 2. The number of hydrogen-bond acceptors (Lipinski definition) is 5. The lowest BCUT2D eigenvalue weighted by Crippen LogP contribution is -2.46. The Bertz CT molecular complexity index is 805. The summed E-state index contributed by atoms with van der Waals surface area (Å²) in [6.07, 6.45) is -0.705. The van der Waals surface area contributed by atoms with E-state index in [4.69, 9.17) is 14.2 Å². The fraction of sp³-hybridized carbons (Fsp3) is 0.458. The molecular weight excluding hydrogens is 382 g/mol. The van der Waals surface area contributed by atoms with Gasteiger partial charge < -0.3 is 24.6 Å². The van der Waals surface area contributed by atoms with Crippen LogP contribution in [0.2, 0.25) is 0 Å². The summed E-state index contributed by atoms with van der Waals surface area (Å²) in [5.74, 6) is 1.21. The number of aliphatic hydroxyl groups excluding tert-OH is 1. The number of carbonyl (C=O) groups is 1. The van der Waals surface area contributed by atoms with Crippen LogP contribution < -0.4 is 10.1 Å². The SMILES string of the molecule is CCOCC(C)(C)C(O)C(=O)NCCCOC1c2ccccc2Oc2ccccc21. The second kappa shape index (κ2) is 10.1. The molecule has 0 fully saturated rings. The van der Waals surface area contributed by atoms with Crippen molar-refractivity contribution in [3.05, 3.63) is 59.7 Å². The zero-order chi connectivity index (χ0) is 21.6. The summed E-state index contributed by atoms with van der Waals surface area (Å²) in [5, 5.41) is 13.1. The number of nitrogens with one attached hydrogen (secondary N) is 1. The molecule has 0 saturated heterocycles. The quantitative estimate of drug-likeness (QED) is 0.579. The molecular formula is C24H31NO5. The summed E-state index contributed by atoms with van der Waals surface area (Å²) in [5.41, 5.74) is 1.34. The molecule has 2 N–H and O–H groups in total. The first-order valence-corrected chi connectivity index (χ1v) is 10.4.